The van der Waals surface area contributed by atoms with E-state index >= 15 is 0 Å². The van der Waals surface area contributed by atoms with Crippen LogP contribution >= 0.6 is 11.6 Å². The molecule has 4 rings (SSSR count). The number of hydrogen-bond donors (Lipinski definition) is 1. The van der Waals surface area contributed by atoms with Gasteiger partial charge in [-0.1, -0.05) is 11.6 Å². The third kappa shape index (κ3) is 7.94. The van der Waals surface area contributed by atoms with Crippen LogP contribution in [0.4, 0.5) is 13.2 Å². The second-order valence-corrected chi connectivity index (χ2v) is 11.4. The quantitative estimate of drug-likeness (QED) is 0.228. The highest BCUT2D eigenvalue weighted by molar-refractivity contribution is 7.89. The number of ketones is 1. The molecule has 0 saturated carbocycles. The average molecular weight is 598 g/mol. The van der Waals surface area contributed by atoms with Crippen LogP contribution in [-0.2, 0) is 16.2 Å². The SMILES string of the molecule is CC(=O)c1ccc(OCCCN2CC[C@@H](NS(=O)(=O)c3ccc(Oc4ncc(C(F)(F)F)cc4Cl)cc3)C2)cc1. The fourth-order valence-electron chi connectivity index (χ4n) is 4.14. The van der Waals surface area contributed by atoms with Crippen LogP contribution in [0.3, 0.4) is 0 Å². The molecule has 0 radical (unpaired) electrons. The molecule has 2 aromatic carbocycles. The molecule has 1 saturated heterocycles. The van der Waals surface area contributed by atoms with Gasteiger partial charge in [0.1, 0.15) is 16.5 Å². The molecular weight excluding hydrogens is 571 g/mol. The van der Waals surface area contributed by atoms with Crippen molar-refractivity contribution in [2.45, 2.75) is 36.9 Å². The van der Waals surface area contributed by atoms with E-state index in [1.807, 2.05) is 0 Å². The fourth-order valence-corrected chi connectivity index (χ4v) is 5.60. The zero-order chi connectivity index (χ0) is 28.9. The van der Waals surface area contributed by atoms with Crippen LogP contribution in [0.2, 0.25) is 5.02 Å². The van der Waals surface area contributed by atoms with Crippen molar-refractivity contribution in [2.24, 2.45) is 0 Å². The third-order valence-electron chi connectivity index (χ3n) is 6.23. The molecule has 0 aliphatic carbocycles. The number of hydrogen-bond acceptors (Lipinski definition) is 7. The summed E-state index contributed by atoms with van der Waals surface area (Å²) in [6, 6.07) is 12.8. The van der Waals surface area contributed by atoms with Gasteiger partial charge in [0.05, 0.1) is 17.1 Å². The van der Waals surface area contributed by atoms with Crippen molar-refractivity contribution in [3.63, 3.8) is 0 Å². The van der Waals surface area contributed by atoms with Crippen molar-refractivity contribution in [2.75, 3.05) is 26.2 Å². The van der Waals surface area contributed by atoms with Gasteiger partial charge in [-0.2, -0.15) is 13.2 Å². The Morgan fingerprint density at radius 3 is 2.42 bits per heavy atom. The van der Waals surface area contributed by atoms with Crippen LogP contribution in [0, 0.1) is 0 Å². The average Bonchev–Trinajstić information content (AvgIpc) is 3.34. The summed E-state index contributed by atoms with van der Waals surface area (Å²) in [5.74, 6) is 0.617. The van der Waals surface area contributed by atoms with Gasteiger partial charge in [0, 0.05) is 30.9 Å². The standard InChI is InChI=1S/C27H27ClF3N3O5S/c1-18(35)19-3-5-22(6-4-19)38-14-2-12-34-13-11-21(17-34)33-40(36,37)24-9-7-23(8-10-24)39-26-25(28)15-20(16-32-26)27(29,30)31/h3-10,15-16,21,33H,2,11-14,17H2,1H3/t21-/m1/s1. The minimum atomic E-state index is -4.59. The van der Waals surface area contributed by atoms with Crippen LogP contribution in [0.15, 0.2) is 65.7 Å². The van der Waals surface area contributed by atoms with Crippen LogP contribution in [0.25, 0.3) is 0 Å². The van der Waals surface area contributed by atoms with Gasteiger partial charge >= 0.3 is 6.18 Å². The van der Waals surface area contributed by atoms with Gasteiger partial charge in [-0.05, 0) is 80.9 Å². The lowest BCUT2D eigenvalue weighted by Crippen LogP contribution is -2.37. The summed E-state index contributed by atoms with van der Waals surface area (Å²) in [4.78, 5) is 17.1. The molecule has 1 fully saturated rings. The molecule has 3 aromatic rings. The lowest BCUT2D eigenvalue weighted by atomic mass is 10.1. The maximum absolute atomic E-state index is 12.9. The highest BCUT2D eigenvalue weighted by Crippen LogP contribution is 2.34. The van der Waals surface area contributed by atoms with E-state index < -0.39 is 21.8 Å². The Kier molecular flexibility index (Phi) is 9.34. The molecule has 1 N–H and O–H groups in total. The molecule has 8 nitrogen and oxygen atoms in total. The summed E-state index contributed by atoms with van der Waals surface area (Å²) >= 11 is 5.86. The van der Waals surface area contributed by atoms with Gasteiger partial charge < -0.3 is 14.4 Å². The number of halogens is 4. The summed E-state index contributed by atoms with van der Waals surface area (Å²) < 4.78 is 78.0. The summed E-state index contributed by atoms with van der Waals surface area (Å²) in [5, 5.41) is -0.325. The third-order valence-corrected chi connectivity index (χ3v) is 8.03. The monoisotopic (exact) mass is 597 g/mol. The number of rotatable bonds is 11. The Labute approximate surface area is 235 Å². The molecule has 0 bridgehead atoms. The highest BCUT2D eigenvalue weighted by atomic mass is 35.5. The normalized spacial score (nSPS) is 16.2. The largest absolute Gasteiger partial charge is 0.494 e. The van der Waals surface area contributed by atoms with Gasteiger partial charge in [-0.25, -0.2) is 18.1 Å². The first kappa shape index (κ1) is 29.8. The first-order valence-electron chi connectivity index (χ1n) is 12.4. The maximum Gasteiger partial charge on any atom is 0.417 e. The fraction of sp³-hybridized carbons (Fsp3) is 0.333. The van der Waals surface area contributed by atoms with Crippen molar-refractivity contribution < 1.29 is 35.9 Å². The van der Waals surface area contributed by atoms with Gasteiger partial charge in [0.15, 0.2) is 5.78 Å². The minimum Gasteiger partial charge on any atom is -0.494 e. The number of Topliss-reactive ketones (excluding diaryl/α,β-unsaturated/α-hetero) is 1. The first-order valence-corrected chi connectivity index (χ1v) is 14.3. The summed E-state index contributed by atoms with van der Waals surface area (Å²) in [7, 11) is -3.81. The van der Waals surface area contributed by atoms with Gasteiger partial charge in [0.25, 0.3) is 0 Å². The van der Waals surface area contributed by atoms with E-state index in [2.05, 4.69) is 14.6 Å². The van der Waals surface area contributed by atoms with Crippen molar-refractivity contribution in [3.8, 4) is 17.4 Å². The summed E-state index contributed by atoms with van der Waals surface area (Å²) in [6.45, 7) is 4.05. The number of nitrogens with one attached hydrogen (secondary N) is 1. The Hall–Kier alpha value is -3.19. The Morgan fingerprint density at radius 2 is 1.80 bits per heavy atom. The van der Waals surface area contributed by atoms with E-state index in [4.69, 9.17) is 21.1 Å². The topological polar surface area (TPSA) is 97.8 Å². The number of benzene rings is 2. The van der Waals surface area contributed by atoms with Crippen molar-refractivity contribution in [3.05, 3.63) is 76.9 Å². The number of alkyl halides is 3. The number of nitrogens with zero attached hydrogens (tertiary/aromatic N) is 2. The second kappa shape index (κ2) is 12.5. The molecule has 1 aromatic heterocycles. The molecule has 0 unspecified atom stereocenters. The summed E-state index contributed by atoms with van der Waals surface area (Å²) in [6.07, 6.45) is -2.56. The van der Waals surface area contributed by atoms with Gasteiger partial charge in [-0.15, -0.1) is 0 Å². The van der Waals surface area contributed by atoms with Crippen LogP contribution < -0.4 is 14.2 Å². The number of carbonyl (C=O) groups excluding carboxylic acids is 1. The molecule has 214 valence electrons. The lowest BCUT2D eigenvalue weighted by Gasteiger charge is -2.17. The minimum absolute atomic E-state index is 0.00334. The molecule has 40 heavy (non-hydrogen) atoms. The van der Waals surface area contributed by atoms with Gasteiger partial charge in [0.2, 0.25) is 15.9 Å². The predicted molar refractivity (Wildman–Crippen MR) is 142 cm³/mol. The van der Waals surface area contributed by atoms with E-state index in [-0.39, 0.29) is 33.4 Å². The van der Waals surface area contributed by atoms with Crippen molar-refractivity contribution in [1.82, 2.24) is 14.6 Å². The maximum atomic E-state index is 12.9. The highest BCUT2D eigenvalue weighted by Gasteiger charge is 2.32. The Morgan fingerprint density at radius 1 is 1.12 bits per heavy atom. The Balaban J connectivity index is 1.23. The van der Waals surface area contributed by atoms with Crippen LogP contribution in [0.5, 0.6) is 17.4 Å². The Bertz CT molecular complexity index is 1440. The van der Waals surface area contributed by atoms with Gasteiger partial charge in [-0.3, -0.25) is 4.79 Å². The number of sulfonamides is 1. The van der Waals surface area contributed by atoms with E-state index in [1.165, 1.54) is 31.2 Å². The van der Waals surface area contributed by atoms with Crippen LogP contribution in [-0.4, -0.2) is 56.4 Å². The zero-order valence-electron chi connectivity index (χ0n) is 21.4. The molecule has 1 atom stereocenters. The molecule has 0 spiro atoms. The molecule has 0 amide bonds. The van der Waals surface area contributed by atoms with Crippen LogP contribution in [0.1, 0.15) is 35.7 Å². The van der Waals surface area contributed by atoms with E-state index in [9.17, 15) is 26.4 Å². The second-order valence-electron chi connectivity index (χ2n) is 9.27. The lowest BCUT2D eigenvalue weighted by molar-refractivity contribution is -0.137. The number of pyridine rings is 1. The first-order chi connectivity index (χ1) is 18.9. The zero-order valence-corrected chi connectivity index (χ0v) is 23.0. The predicted octanol–water partition coefficient (Wildman–Crippen LogP) is 5.57. The smallest absolute Gasteiger partial charge is 0.417 e. The molecule has 2 heterocycles. The van der Waals surface area contributed by atoms with Crippen molar-refractivity contribution >= 4 is 27.4 Å². The molecule has 1 aliphatic heterocycles. The number of aromatic nitrogens is 1. The summed E-state index contributed by atoms with van der Waals surface area (Å²) in [5.41, 5.74) is -0.379. The van der Waals surface area contributed by atoms with E-state index in [0.29, 0.717) is 43.1 Å². The molecule has 13 heteroatoms. The van der Waals surface area contributed by atoms with E-state index in [1.54, 1.807) is 24.3 Å². The molecular formula is C27H27ClF3N3O5S. The molecule has 1 aliphatic rings. The van der Waals surface area contributed by atoms with Crippen molar-refractivity contribution in [1.29, 1.82) is 0 Å². The number of ether oxygens (including phenoxy) is 2. The van der Waals surface area contributed by atoms with E-state index in [0.717, 1.165) is 19.5 Å². The number of carbonyl (C=O) groups is 1. The number of likely N-dealkylation sites (tertiary alicyclic amines) is 1.